The summed E-state index contributed by atoms with van der Waals surface area (Å²) < 4.78 is 13.5. The largest absolute Gasteiger partial charge is 0.478 e. The Balaban J connectivity index is 1.74. The van der Waals surface area contributed by atoms with Crippen molar-refractivity contribution in [1.82, 2.24) is 5.32 Å². The van der Waals surface area contributed by atoms with Crippen molar-refractivity contribution in [2.45, 2.75) is 19.4 Å². The quantitative estimate of drug-likeness (QED) is 0.769. The average Bonchev–Trinajstić information content (AvgIpc) is 2.47. The van der Waals surface area contributed by atoms with Crippen LogP contribution in [-0.4, -0.2) is 17.6 Å². The fourth-order valence-corrected chi connectivity index (χ4v) is 2.14. The Hall–Kier alpha value is -2.20. The molecule has 21 heavy (non-hydrogen) atoms. The maximum absolute atomic E-state index is 13.5. The molecule has 0 aliphatic heterocycles. The summed E-state index contributed by atoms with van der Waals surface area (Å²) in [5.74, 6) is -1.93. The highest BCUT2D eigenvalue weighted by Gasteiger charge is 2.09. The van der Waals surface area contributed by atoms with Crippen molar-refractivity contribution < 1.29 is 14.3 Å². The molecule has 0 aromatic heterocycles. The van der Waals surface area contributed by atoms with Gasteiger partial charge in [0.15, 0.2) is 0 Å². The fraction of sp³-hybridized carbons (Fsp3) is 0.235. The van der Waals surface area contributed by atoms with Crippen molar-refractivity contribution in [2.24, 2.45) is 0 Å². The van der Waals surface area contributed by atoms with E-state index in [1.807, 2.05) is 18.2 Å². The zero-order valence-electron chi connectivity index (χ0n) is 11.7. The Labute approximate surface area is 123 Å². The highest BCUT2D eigenvalue weighted by Crippen LogP contribution is 2.10. The van der Waals surface area contributed by atoms with Gasteiger partial charge in [0.25, 0.3) is 0 Å². The molecule has 4 heteroatoms. The molecule has 0 atom stereocenters. The summed E-state index contributed by atoms with van der Waals surface area (Å²) in [6.07, 6.45) is 2.00. The molecular formula is C17H18FNO2. The number of carbonyl (C=O) groups is 1. The molecule has 0 bridgehead atoms. The number of aryl methyl sites for hydroxylation is 1. The van der Waals surface area contributed by atoms with Gasteiger partial charge in [-0.2, -0.15) is 0 Å². The molecule has 3 nitrogen and oxygen atoms in total. The zero-order chi connectivity index (χ0) is 15.1. The fourth-order valence-electron chi connectivity index (χ4n) is 2.14. The topological polar surface area (TPSA) is 49.3 Å². The normalized spacial score (nSPS) is 10.5. The van der Waals surface area contributed by atoms with Crippen LogP contribution >= 0.6 is 0 Å². The van der Waals surface area contributed by atoms with Crippen molar-refractivity contribution in [3.05, 3.63) is 71.0 Å². The SMILES string of the molecule is O=C(O)c1ccc(CNCCCc2ccccc2)cc1F. The third-order valence-electron chi connectivity index (χ3n) is 3.25. The Morgan fingerprint density at radius 3 is 2.52 bits per heavy atom. The van der Waals surface area contributed by atoms with Gasteiger partial charge in [-0.15, -0.1) is 0 Å². The molecule has 0 saturated carbocycles. The summed E-state index contributed by atoms with van der Waals surface area (Å²) in [5, 5.41) is 12.0. The Morgan fingerprint density at radius 1 is 1.10 bits per heavy atom. The van der Waals surface area contributed by atoms with Crippen molar-refractivity contribution in [1.29, 1.82) is 0 Å². The molecule has 0 aliphatic carbocycles. The van der Waals surface area contributed by atoms with Crippen LogP contribution in [0.5, 0.6) is 0 Å². The second-order valence-corrected chi connectivity index (χ2v) is 4.89. The molecule has 2 N–H and O–H groups in total. The predicted molar refractivity (Wildman–Crippen MR) is 79.8 cm³/mol. The van der Waals surface area contributed by atoms with E-state index in [-0.39, 0.29) is 5.56 Å². The third kappa shape index (κ3) is 4.68. The first kappa shape index (κ1) is 15.2. The number of benzene rings is 2. The number of halogens is 1. The molecule has 0 amide bonds. The summed E-state index contributed by atoms with van der Waals surface area (Å²) in [7, 11) is 0. The smallest absolute Gasteiger partial charge is 0.338 e. The van der Waals surface area contributed by atoms with Crippen LogP contribution in [0.25, 0.3) is 0 Å². The van der Waals surface area contributed by atoms with Crippen LogP contribution in [-0.2, 0) is 13.0 Å². The predicted octanol–water partition coefficient (Wildman–Crippen LogP) is 3.25. The summed E-state index contributed by atoms with van der Waals surface area (Å²) in [5.41, 5.74) is 1.76. The molecule has 0 fully saturated rings. The first-order chi connectivity index (χ1) is 10.2. The van der Waals surface area contributed by atoms with Gasteiger partial charge in [0.2, 0.25) is 0 Å². The zero-order valence-corrected chi connectivity index (χ0v) is 11.7. The number of nitrogens with one attached hydrogen (secondary N) is 1. The van der Waals surface area contributed by atoms with E-state index in [9.17, 15) is 9.18 Å². The van der Waals surface area contributed by atoms with Crippen molar-refractivity contribution in [2.75, 3.05) is 6.54 Å². The molecule has 110 valence electrons. The van der Waals surface area contributed by atoms with Crippen LogP contribution in [0.3, 0.4) is 0 Å². The van der Waals surface area contributed by atoms with Crippen molar-refractivity contribution in [3.8, 4) is 0 Å². The minimum Gasteiger partial charge on any atom is -0.478 e. The van der Waals surface area contributed by atoms with E-state index in [1.165, 1.54) is 17.7 Å². The first-order valence-electron chi connectivity index (χ1n) is 6.93. The van der Waals surface area contributed by atoms with E-state index in [4.69, 9.17) is 5.11 Å². The molecule has 0 aliphatic rings. The number of carboxylic acids is 1. The lowest BCUT2D eigenvalue weighted by molar-refractivity contribution is 0.0692. The van der Waals surface area contributed by atoms with Gasteiger partial charge in [0, 0.05) is 6.54 Å². The molecule has 0 saturated heterocycles. The molecule has 0 radical (unpaired) electrons. The van der Waals surface area contributed by atoms with E-state index in [0.29, 0.717) is 6.54 Å². The van der Waals surface area contributed by atoms with Gasteiger partial charge in [-0.25, -0.2) is 9.18 Å². The molecule has 2 rings (SSSR count). The standard InChI is InChI=1S/C17H18FNO2/c18-16-11-14(8-9-15(16)17(20)21)12-19-10-4-7-13-5-2-1-3-6-13/h1-3,5-6,8-9,11,19H,4,7,10,12H2,(H,20,21). The summed E-state index contributed by atoms with van der Waals surface area (Å²) in [4.78, 5) is 10.7. The van der Waals surface area contributed by atoms with Crippen LogP contribution in [0.15, 0.2) is 48.5 Å². The number of hydrogen-bond donors (Lipinski definition) is 2. The Bertz CT molecular complexity index is 599. The minimum atomic E-state index is -1.24. The van der Waals surface area contributed by atoms with E-state index in [0.717, 1.165) is 24.9 Å². The summed E-state index contributed by atoms with van der Waals surface area (Å²) >= 11 is 0. The summed E-state index contributed by atoms with van der Waals surface area (Å²) in [6, 6.07) is 14.4. The van der Waals surface area contributed by atoms with Gasteiger partial charge in [0.1, 0.15) is 5.82 Å². The van der Waals surface area contributed by atoms with Crippen LogP contribution in [0, 0.1) is 5.82 Å². The van der Waals surface area contributed by atoms with Gasteiger partial charge in [-0.3, -0.25) is 0 Å². The van der Waals surface area contributed by atoms with E-state index in [1.54, 1.807) is 6.07 Å². The second kappa shape index (κ2) is 7.55. The minimum absolute atomic E-state index is 0.289. The van der Waals surface area contributed by atoms with Gasteiger partial charge in [-0.1, -0.05) is 36.4 Å². The summed E-state index contributed by atoms with van der Waals surface area (Å²) in [6.45, 7) is 1.36. The second-order valence-electron chi connectivity index (χ2n) is 4.89. The highest BCUT2D eigenvalue weighted by atomic mass is 19.1. The van der Waals surface area contributed by atoms with Gasteiger partial charge in [-0.05, 0) is 42.6 Å². The molecule has 2 aromatic carbocycles. The lowest BCUT2D eigenvalue weighted by Crippen LogP contribution is -2.15. The molecule has 0 heterocycles. The average molecular weight is 287 g/mol. The first-order valence-corrected chi connectivity index (χ1v) is 6.93. The van der Waals surface area contributed by atoms with Gasteiger partial charge < -0.3 is 10.4 Å². The molecule has 0 unspecified atom stereocenters. The van der Waals surface area contributed by atoms with E-state index < -0.39 is 11.8 Å². The lowest BCUT2D eigenvalue weighted by atomic mass is 10.1. The monoisotopic (exact) mass is 287 g/mol. The number of hydrogen-bond acceptors (Lipinski definition) is 2. The molecule has 2 aromatic rings. The van der Waals surface area contributed by atoms with Crippen LogP contribution < -0.4 is 5.32 Å². The lowest BCUT2D eigenvalue weighted by Gasteiger charge is -2.06. The van der Waals surface area contributed by atoms with E-state index >= 15 is 0 Å². The van der Waals surface area contributed by atoms with Crippen LogP contribution in [0.4, 0.5) is 4.39 Å². The van der Waals surface area contributed by atoms with Crippen LogP contribution in [0.2, 0.25) is 0 Å². The third-order valence-corrected chi connectivity index (χ3v) is 3.25. The van der Waals surface area contributed by atoms with Crippen molar-refractivity contribution in [3.63, 3.8) is 0 Å². The number of aromatic carboxylic acids is 1. The maximum atomic E-state index is 13.5. The maximum Gasteiger partial charge on any atom is 0.338 e. The Morgan fingerprint density at radius 2 is 1.86 bits per heavy atom. The van der Waals surface area contributed by atoms with Gasteiger partial charge >= 0.3 is 5.97 Å². The number of rotatable bonds is 7. The molecular weight excluding hydrogens is 269 g/mol. The highest BCUT2D eigenvalue weighted by molar-refractivity contribution is 5.87. The Kier molecular flexibility index (Phi) is 5.46. The molecule has 0 spiro atoms. The van der Waals surface area contributed by atoms with Gasteiger partial charge in [0.05, 0.1) is 5.56 Å². The van der Waals surface area contributed by atoms with E-state index in [2.05, 4.69) is 17.4 Å². The van der Waals surface area contributed by atoms with Crippen LogP contribution in [0.1, 0.15) is 27.9 Å². The van der Waals surface area contributed by atoms with Crippen molar-refractivity contribution >= 4 is 5.97 Å². The number of carboxylic acid groups (broad SMARTS) is 1.